The second-order valence-electron chi connectivity index (χ2n) is 3.92. The van der Waals surface area contributed by atoms with Crippen molar-refractivity contribution in [2.24, 2.45) is 0 Å². The zero-order chi connectivity index (χ0) is 13.2. The van der Waals surface area contributed by atoms with Gasteiger partial charge in [-0.2, -0.15) is 0 Å². The molecule has 0 saturated heterocycles. The van der Waals surface area contributed by atoms with E-state index in [1.165, 1.54) is 23.5 Å². The lowest BCUT2D eigenvalue weighted by Gasteiger charge is -2.29. The molecule has 5 heteroatoms. The van der Waals surface area contributed by atoms with E-state index in [1.54, 1.807) is 13.3 Å². The van der Waals surface area contributed by atoms with Crippen LogP contribution >= 0.6 is 11.3 Å². The molecule has 0 amide bonds. The number of aromatic nitrogens is 1. The summed E-state index contributed by atoms with van der Waals surface area (Å²) in [7, 11) is 1.56. The first-order valence-electron chi connectivity index (χ1n) is 5.57. The summed E-state index contributed by atoms with van der Waals surface area (Å²) in [5.41, 5.74) is -0.242. The standard InChI is InChI=1S/C13H14FNO2S/c1-3-13(17-2,12-15-4-5-18-12)9-6-10(14)8-11(16)7-9/h4-8,16H,3H2,1-2H3. The highest BCUT2D eigenvalue weighted by molar-refractivity contribution is 7.09. The lowest BCUT2D eigenvalue weighted by Crippen LogP contribution is -2.29. The van der Waals surface area contributed by atoms with Crippen molar-refractivity contribution in [1.29, 1.82) is 0 Å². The topological polar surface area (TPSA) is 42.4 Å². The molecule has 3 nitrogen and oxygen atoms in total. The van der Waals surface area contributed by atoms with Crippen molar-refractivity contribution in [3.8, 4) is 5.75 Å². The molecule has 0 aliphatic heterocycles. The van der Waals surface area contributed by atoms with Gasteiger partial charge in [-0.05, 0) is 24.1 Å². The summed E-state index contributed by atoms with van der Waals surface area (Å²) in [6, 6.07) is 3.95. The molecular formula is C13H14FNO2S. The van der Waals surface area contributed by atoms with Crippen LogP contribution in [0, 0.1) is 5.82 Å². The Labute approximate surface area is 109 Å². The number of aromatic hydroxyl groups is 1. The van der Waals surface area contributed by atoms with Crippen LogP contribution in [0.2, 0.25) is 0 Å². The number of thiazole rings is 1. The van der Waals surface area contributed by atoms with E-state index in [9.17, 15) is 9.50 Å². The van der Waals surface area contributed by atoms with Crippen molar-refractivity contribution in [3.05, 3.63) is 46.2 Å². The quantitative estimate of drug-likeness (QED) is 0.924. The number of benzene rings is 1. The van der Waals surface area contributed by atoms with Gasteiger partial charge in [-0.25, -0.2) is 9.37 Å². The molecule has 18 heavy (non-hydrogen) atoms. The van der Waals surface area contributed by atoms with Gasteiger partial charge in [0.1, 0.15) is 22.2 Å². The highest BCUT2D eigenvalue weighted by atomic mass is 32.1. The predicted molar refractivity (Wildman–Crippen MR) is 68.3 cm³/mol. The van der Waals surface area contributed by atoms with Crippen LogP contribution in [0.4, 0.5) is 4.39 Å². The summed E-state index contributed by atoms with van der Waals surface area (Å²) < 4.78 is 19.0. The van der Waals surface area contributed by atoms with E-state index >= 15 is 0 Å². The highest BCUT2D eigenvalue weighted by Crippen LogP contribution is 2.38. The number of methoxy groups -OCH3 is 1. The van der Waals surface area contributed by atoms with Crippen molar-refractivity contribution < 1.29 is 14.2 Å². The van der Waals surface area contributed by atoms with Gasteiger partial charge in [0.2, 0.25) is 0 Å². The maximum Gasteiger partial charge on any atom is 0.144 e. The summed E-state index contributed by atoms with van der Waals surface area (Å²) >= 11 is 1.45. The molecule has 0 spiro atoms. The van der Waals surface area contributed by atoms with E-state index < -0.39 is 11.4 Å². The Kier molecular flexibility index (Phi) is 3.63. The molecule has 0 aliphatic carbocycles. The van der Waals surface area contributed by atoms with Crippen LogP contribution in [0.3, 0.4) is 0 Å². The molecule has 2 aromatic rings. The smallest absolute Gasteiger partial charge is 0.144 e. The largest absolute Gasteiger partial charge is 0.508 e. The molecule has 0 fully saturated rings. The third-order valence-electron chi connectivity index (χ3n) is 2.97. The van der Waals surface area contributed by atoms with Gasteiger partial charge in [0.05, 0.1) is 0 Å². The molecule has 0 bridgehead atoms. The molecule has 96 valence electrons. The maximum absolute atomic E-state index is 13.4. The number of halogens is 1. The van der Waals surface area contributed by atoms with E-state index in [4.69, 9.17) is 4.74 Å². The number of phenolic OH excluding ortho intramolecular Hbond substituents is 1. The number of phenols is 1. The second kappa shape index (κ2) is 5.04. The van der Waals surface area contributed by atoms with Crippen molar-refractivity contribution in [1.82, 2.24) is 4.98 Å². The third kappa shape index (κ3) is 2.11. The Bertz CT molecular complexity index is 504. The number of hydrogen-bond donors (Lipinski definition) is 1. The monoisotopic (exact) mass is 267 g/mol. The Morgan fingerprint density at radius 1 is 1.44 bits per heavy atom. The Morgan fingerprint density at radius 3 is 2.72 bits per heavy atom. The molecule has 2 rings (SSSR count). The number of hydrogen-bond acceptors (Lipinski definition) is 4. The molecule has 0 aliphatic rings. The Balaban J connectivity index is 2.60. The van der Waals surface area contributed by atoms with Crippen molar-refractivity contribution in [2.75, 3.05) is 7.11 Å². The van der Waals surface area contributed by atoms with E-state index in [0.29, 0.717) is 12.0 Å². The van der Waals surface area contributed by atoms with Crippen LogP contribution in [-0.2, 0) is 10.3 Å². The fourth-order valence-electron chi connectivity index (χ4n) is 2.06. The van der Waals surface area contributed by atoms with Gasteiger partial charge >= 0.3 is 0 Å². The molecule has 1 N–H and O–H groups in total. The second-order valence-corrected chi connectivity index (χ2v) is 4.81. The average Bonchev–Trinajstić information content (AvgIpc) is 2.84. The molecule has 0 saturated carbocycles. The minimum absolute atomic E-state index is 0.114. The fraction of sp³-hybridized carbons (Fsp3) is 0.308. The zero-order valence-corrected chi connectivity index (χ0v) is 11.0. The van der Waals surface area contributed by atoms with E-state index in [2.05, 4.69) is 4.98 Å². The van der Waals surface area contributed by atoms with Crippen LogP contribution in [-0.4, -0.2) is 17.2 Å². The van der Waals surface area contributed by atoms with E-state index in [0.717, 1.165) is 11.1 Å². The normalized spacial score (nSPS) is 14.4. The van der Waals surface area contributed by atoms with Gasteiger partial charge in [0, 0.05) is 24.8 Å². The lowest BCUT2D eigenvalue weighted by molar-refractivity contribution is 0.0180. The van der Waals surface area contributed by atoms with Gasteiger partial charge in [-0.3, -0.25) is 0 Å². The van der Waals surface area contributed by atoms with Crippen LogP contribution in [0.15, 0.2) is 29.8 Å². The summed E-state index contributed by atoms with van der Waals surface area (Å²) in [5.74, 6) is -0.604. The summed E-state index contributed by atoms with van der Waals surface area (Å²) in [4.78, 5) is 4.26. The zero-order valence-electron chi connectivity index (χ0n) is 10.2. The summed E-state index contributed by atoms with van der Waals surface area (Å²) in [5, 5.41) is 12.1. The van der Waals surface area contributed by atoms with Crippen LogP contribution in [0.1, 0.15) is 23.9 Å². The number of nitrogens with zero attached hydrogens (tertiary/aromatic N) is 1. The minimum Gasteiger partial charge on any atom is -0.508 e. The average molecular weight is 267 g/mol. The fourth-order valence-corrected chi connectivity index (χ4v) is 2.97. The molecular weight excluding hydrogens is 253 g/mol. The first-order chi connectivity index (χ1) is 8.62. The molecule has 1 unspecified atom stereocenters. The first kappa shape index (κ1) is 13.0. The first-order valence-corrected chi connectivity index (χ1v) is 6.45. The third-order valence-corrected chi connectivity index (χ3v) is 3.89. The lowest BCUT2D eigenvalue weighted by atomic mass is 9.91. The maximum atomic E-state index is 13.4. The molecule has 1 aromatic carbocycles. The van der Waals surface area contributed by atoms with Gasteiger partial charge < -0.3 is 9.84 Å². The number of ether oxygens (including phenoxy) is 1. The highest BCUT2D eigenvalue weighted by Gasteiger charge is 2.35. The summed E-state index contributed by atoms with van der Waals surface area (Å²) in [6.45, 7) is 1.94. The number of rotatable bonds is 4. The SMILES string of the molecule is CCC(OC)(c1cc(O)cc(F)c1)c1nccs1. The van der Waals surface area contributed by atoms with Crippen molar-refractivity contribution in [2.45, 2.75) is 18.9 Å². The molecule has 1 heterocycles. The van der Waals surface area contributed by atoms with Gasteiger partial charge in [-0.1, -0.05) is 6.92 Å². The van der Waals surface area contributed by atoms with Gasteiger partial charge in [0.15, 0.2) is 0 Å². The van der Waals surface area contributed by atoms with E-state index in [1.807, 2.05) is 12.3 Å². The van der Waals surface area contributed by atoms with Crippen molar-refractivity contribution in [3.63, 3.8) is 0 Å². The van der Waals surface area contributed by atoms with E-state index in [-0.39, 0.29) is 5.75 Å². The van der Waals surface area contributed by atoms with Gasteiger partial charge in [-0.15, -0.1) is 11.3 Å². The van der Waals surface area contributed by atoms with Crippen LogP contribution < -0.4 is 0 Å². The Morgan fingerprint density at radius 2 is 2.22 bits per heavy atom. The van der Waals surface area contributed by atoms with Crippen LogP contribution in [0.5, 0.6) is 5.75 Å². The van der Waals surface area contributed by atoms with Crippen LogP contribution in [0.25, 0.3) is 0 Å². The molecule has 1 atom stereocenters. The molecule has 0 radical (unpaired) electrons. The van der Waals surface area contributed by atoms with Crippen molar-refractivity contribution >= 4 is 11.3 Å². The minimum atomic E-state index is -0.812. The van der Waals surface area contributed by atoms with Gasteiger partial charge in [0.25, 0.3) is 0 Å². The predicted octanol–water partition coefficient (Wildman–Crippen LogP) is 3.29. The summed E-state index contributed by atoms with van der Waals surface area (Å²) in [6.07, 6.45) is 2.28. The molecule has 1 aromatic heterocycles. The Hall–Kier alpha value is -1.46.